The summed E-state index contributed by atoms with van der Waals surface area (Å²) in [4.78, 5) is 2.59. The third-order valence-corrected chi connectivity index (χ3v) is 4.28. The van der Waals surface area contributed by atoms with E-state index in [4.69, 9.17) is 4.74 Å². The molecule has 0 aromatic heterocycles. The number of hydrogen-bond donors (Lipinski definition) is 1. The van der Waals surface area contributed by atoms with Crippen LogP contribution < -0.4 is 0 Å². The highest BCUT2D eigenvalue weighted by atomic mass is 16.5. The maximum absolute atomic E-state index is 9.60. The van der Waals surface area contributed by atoms with Gasteiger partial charge in [0.15, 0.2) is 0 Å². The summed E-state index contributed by atoms with van der Waals surface area (Å²) >= 11 is 0. The molecule has 0 bridgehead atoms. The lowest BCUT2D eigenvalue weighted by molar-refractivity contribution is 0.0285. The van der Waals surface area contributed by atoms with E-state index in [9.17, 15) is 5.11 Å². The Morgan fingerprint density at radius 3 is 2.94 bits per heavy atom. The summed E-state index contributed by atoms with van der Waals surface area (Å²) in [5.41, 5.74) is 0.0325. The van der Waals surface area contributed by atoms with E-state index in [0.717, 1.165) is 32.2 Å². The van der Waals surface area contributed by atoms with E-state index in [1.54, 1.807) is 0 Å². The fourth-order valence-electron chi connectivity index (χ4n) is 3.11. The van der Waals surface area contributed by atoms with Gasteiger partial charge in [-0.15, -0.1) is 0 Å². The van der Waals surface area contributed by atoms with Crippen LogP contribution in [0.3, 0.4) is 0 Å². The topological polar surface area (TPSA) is 32.7 Å². The fourth-order valence-corrected chi connectivity index (χ4v) is 3.11. The molecule has 2 saturated heterocycles. The van der Waals surface area contributed by atoms with Crippen molar-refractivity contribution in [1.29, 1.82) is 0 Å². The van der Waals surface area contributed by atoms with Crippen molar-refractivity contribution >= 4 is 0 Å². The van der Waals surface area contributed by atoms with Crippen LogP contribution in [0.4, 0.5) is 0 Å². The molecule has 0 aromatic carbocycles. The number of nitrogens with zero attached hydrogens (tertiary/aromatic N) is 1. The summed E-state index contributed by atoms with van der Waals surface area (Å²) in [6.45, 7) is 6.36. The molecule has 0 aliphatic carbocycles. The zero-order valence-corrected chi connectivity index (χ0v) is 10.5. The van der Waals surface area contributed by atoms with Crippen molar-refractivity contribution in [3.63, 3.8) is 0 Å². The van der Waals surface area contributed by atoms with E-state index >= 15 is 0 Å². The Morgan fingerprint density at radius 2 is 2.31 bits per heavy atom. The predicted octanol–water partition coefficient (Wildman–Crippen LogP) is 1.65. The lowest BCUT2D eigenvalue weighted by atomic mass is 9.86. The number of likely N-dealkylation sites (tertiary alicyclic amines) is 1. The van der Waals surface area contributed by atoms with Gasteiger partial charge in [0, 0.05) is 24.6 Å². The van der Waals surface area contributed by atoms with Crippen LogP contribution in [0.1, 0.15) is 39.0 Å². The third kappa shape index (κ3) is 2.58. The van der Waals surface area contributed by atoms with Crippen LogP contribution in [0.15, 0.2) is 0 Å². The van der Waals surface area contributed by atoms with E-state index in [0.29, 0.717) is 0 Å². The molecule has 3 nitrogen and oxygen atoms in total. The minimum absolute atomic E-state index is 0.0325. The Kier molecular flexibility index (Phi) is 4.22. The highest BCUT2D eigenvalue weighted by molar-refractivity contribution is 4.89. The molecule has 2 unspecified atom stereocenters. The number of aliphatic hydroxyl groups is 1. The fraction of sp³-hybridized carbons (Fsp3) is 1.00. The molecule has 0 amide bonds. The van der Waals surface area contributed by atoms with Gasteiger partial charge in [-0.1, -0.05) is 13.3 Å². The number of aliphatic hydroxyl groups excluding tert-OH is 1. The normalized spacial score (nSPS) is 36.8. The molecule has 0 spiro atoms. The Balaban J connectivity index is 1.95. The maximum Gasteiger partial charge on any atom is 0.0557 e. The second-order valence-electron chi connectivity index (χ2n) is 5.49. The van der Waals surface area contributed by atoms with Crippen LogP contribution in [-0.2, 0) is 4.74 Å². The minimum atomic E-state index is 0.0325. The van der Waals surface area contributed by atoms with E-state index < -0.39 is 0 Å². The van der Waals surface area contributed by atoms with Gasteiger partial charge in [-0.25, -0.2) is 0 Å². The molecular weight excluding hydrogens is 202 g/mol. The molecule has 0 saturated carbocycles. The number of hydrogen-bond acceptors (Lipinski definition) is 3. The Morgan fingerprint density at radius 1 is 1.44 bits per heavy atom. The molecule has 0 radical (unpaired) electrons. The molecule has 2 aliphatic heterocycles. The van der Waals surface area contributed by atoms with Gasteiger partial charge in [-0.05, 0) is 32.2 Å². The van der Waals surface area contributed by atoms with Crippen molar-refractivity contribution in [3.05, 3.63) is 0 Å². The summed E-state index contributed by atoms with van der Waals surface area (Å²) in [5, 5.41) is 9.60. The maximum atomic E-state index is 9.60. The number of ether oxygens (including phenoxy) is 1. The molecule has 16 heavy (non-hydrogen) atoms. The zero-order valence-electron chi connectivity index (χ0n) is 10.5. The van der Waals surface area contributed by atoms with E-state index in [1.807, 2.05) is 0 Å². The molecule has 0 aromatic rings. The first-order valence-corrected chi connectivity index (χ1v) is 6.72. The quantitative estimate of drug-likeness (QED) is 0.792. The molecular formula is C13H25NO2. The summed E-state index contributed by atoms with van der Waals surface area (Å²) in [6, 6.07) is 0.734. The van der Waals surface area contributed by atoms with Crippen LogP contribution in [0, 0.1) is 5.41 Å². The largest absolute Gasteiger partial charge is 0.396 e. The summed E-state index contributed by atoms with van der Waals surface area (Å²) in [5.74, 6) is 0. The van der Waals surface area contributed by atoms with Crippen molar-refractivity contribution in [2.45, 2.75) is 45.1 Å². The van der Waals surface area contributed by atoms with Crippen molar-refractivity contribution in [2.75, 3.05) is 32.9 Å². The lowest BCUT2D eigenvalue weighted by Gasteiger charge is -2.40. The Labute approximate surface area is 98.8 Å². The molecule has 2 aliphatic rings. The predicted molar refractivity (Wildman–Crippen MR) is 64.5 cm³/mol. The van der Waals surface area contributed by atoms with Crippen LogP contribution >= 0.6 is 0 Å². The van der Waals surface area contributed by atoms with Gasteiger partial charge in [0.2, 0.25) is 0 Å². The molecule has 94 valence electrons. The third-order valence-electron chi connectivity index (χ3n) is 4.28. The lowest BCUT2D eigenvalue weighted by Crippen LogP contribution is -2.47. The van der Waals surface area contributed by atoms with Crippen molar-refractivity contribution in [2.24, 2.45) is 5.41 Å². The van der Waals surface area contributed by atoms with Gasteiger partial charge in [0.1, 0.15) is 0 Å². The average Bonchev–Trinajstić information content (AvgIpc) is 2.79. The highest BCUT2D eigenvalue weighted by Gasteiger charge is 2.37. The van der Waals surface area contributed by atoms with E-state index in [-0.39, 0.29) is 12.0 Å². The van der Waals surface area contributed by atoms with Gasteiger partial charge in [0.05, 0.1) is 13.2 Å². The molecule has 2 rings (SSSR count). The van der Waals surface area contributed by atoms with Crippen molar-refractivity contribution in [1.82, 2.24) is 4.90 Å². The van der Waals surface area contributed by atoms with Gasteiger partial charge >= 0.3 is 0 Å². The first-order chi connectivity index (χ1) is 7.79. The standard InChI is InChI=1S/C13H25NO2/c1-2-12-5-3-4-7-14(12)9-13(10-15)6-8-16-11-13/h12,15H,2-11H2,1H3. The molecule has 2 fully saturated rings. The van der Waals surface area contributed by atoms with Crippen LogP contribution in [-0.4, -0.2) is 49.0 Å². The Bertz CT molecular complexity index is 214. The summed E-state index contributed by atoms with van der Waals surface area (Å²) in [7, 11) is 0. The minimum Gasteiger partial charge on any atom is -0.396 e. The second kappa shape index (κ2) is 5.48. The highest BCUT2D eigenvalue weighted by Crippen LogP contribution is 2.32. The van der Waals surface area contributed by atoms with Gasteiger partial charge in [-0.2, -0.15) is 0 Å². The zero-order chi connectivity index (χ0) is 11.4. The van der Waals surface area contributed by atoms with E-state index in [2.05, 4.69) is 11.8 Å². The van der Waals surface area contributed by atoms with Crippen molar-refractivity contribution < 1.29 is 9.84 Å². The smallest absolute Gasteiger partial charge is 0.0557 e. The van der Waals surface area contributed by atoms with Gasteiger partial charge in [-0.3, -0.25) is 4.90 Å². The molecule has 3 heteroatoms. The summed E-state index contributed by atoms with van der Waals surface area (Å²) in [6.07, 6.45) is 6.29. The first-order valence-electron chi connectivity index (χ1n) is 6.72. The number of rotatable bonds is 4. The SMILES string of the molecule is CCC1CCCCN1CC1(CO)CCOC1. The van der Waals surface area contributed by atoms with Gasteiger partial charge in [0.25, 0.3) is 0 Å². The molecule has 2 heterocycles. The van der Waals surface area contributed by atoms with Crippen molar-refractivity contribution in [3.8, 4) is 0 Å². The second-order valence-corrected chi connectivity index (χ2v) is 5.49. The first kappa shape index (κ1) is 12.3. The van der Waals surface area contributed by atoms with Crippen LogP contribution in [0.2, 0.25) is 0 Å². The van der Waals surface area contributed by atoms with Crippen LogP contribution in [0.25, 0.3) is 0 Å². The average molecular weight is 227 g/mol. The molecule has 2 atom stereocenters. The number of piperidine rings is 1. The van der Waals surface area contributed by atoms with E-state index in [1.165, 1.54) is 32.2 Å². The Hall–Kier alpha value is -0.120. The summed E-state index contributed by atoms with van der Waals surface area (Å²) < 4.78 is 5.48. The van der Waals surface area contributed by atoms with Crippen LogP contribution in [0.5, 0.6) is 0 Å². The monoisotopic (exact) mass is 227 g/mol. The van der Waals surface area contributed by atoms with Gasteiger partial charge < -0.3 is 9.84 Å². The molecule has 1 N–H and O–H groups in total.